The molecule has 0 amide bonds. The Morgan fingerprint density at radius 3 is 2.91 bits per heavy atom. The minimum Gasteiger partial charge on any atom is -0.492 e. The van der Waals surface area contributed by atoms with Gasteiger partial charge in [0.15, 0.2) is 5.82 Å². The van der Waals surface area contributed by atoms with Gasteiger partial charge in [-0.15, -0.1) is 0 Å². The molecule has 6 nitrogen and oxygen atoms in total. The highest BCUT2D eigenvalue weighted by Crippen LogP contribution is 2.15. The molecule has 3 rings (SSSR count). The van der Waals surface area contributed by atoms with E-state index in [1.807, 2.05) is 19.2 Å². The quantitative estimate of drug-likeness (QED) is 0.731. The zero-order valence-corrected chi connectivity index (χ0v) is 12.2. The molecule has 2 aromatic heterocycles. The average Bonchev–Trinajstić information content (AvgIpc) is 2.93. The first-order valence-electron chi connectivity index (χ1n) is 6.94. The molecule has 0 aliphatic carbocycles. The molecule has 0 unspecified atom stereocenters. The molecule has 1 aromatic carbocycles. The van der Waals surface area contributed by atoms with Gasteiger partial charge in [-0.3, -0.25) is 0 Å². The highest BCUT2D eigenvalue weighted by atomic mass is 16.5. The second kappa shape index (κ2) is 6.14. The molecule has 0 saturated heterocycles. The summed E-state index contributed by atoms with van der Waals surface area (Å²) in [5, 5.41) is 16.3. The van der Waals surface area contributed by atoms with Gasteiger partial charge >= 0.3 is 0 Å². The molecule has 110 valence electrons. The summed E-state index contributed by atoms with van der Waals surface area (Å²) in [6.45, 7) is 3.07. The van der Waals surface area contributed by atoms with Gasteiger partial charge in [-0.1, -0.05) is 0 Å². The second-order valence-electron chi connectivity index (χ2n) is 4.80. The third kappa shape index (κ3) is 2.99. The molecular formula is C16H15N5O. The van der Waals surface area contributed by atoms with Gasteiger partial charge < -0.3 is 10.1 Å². The van der Waals surface area contributed by atoms with Crippen LogP contribution in [0.15, 0.2) is 42.7 Å². The summed E-state index contributed by atoms with van der Waals surface area (Å²) in [4.78, 5) is 4.32. The van der Waals surface area contributed by atoms with Crippen molar-refractivity contribution in [3.8, 4) is 11.8 Å². The first-order chi connectivity index (χ1) is 10.8. The van der Waals surface area contributed by atoms with Crippen LogP contribution in [0, 0.1) is 18.3 Å². The predicted octanol–water partition coefficient (Wildman–Crippen LogP) is 2.40. The minimum atomic E-state index is 0.502. The smallest absolute Gasteiger partial charge is 0.152 e. The third-order valence-corrected chi connectivity index (χ3v) is 3.16. The van der Waals surface area contributed by atoms with Crippen molar-refractivity contribution in [1.29, 1.82) is 5.26 Å². The van der Waals surface area contributed by atoms with Crippen molar-refractivity contribution in [3.05, 3.63) is 54.0 Å². The molecule has 0 radical (unpaired) electrons. The number of nitrogens with one attached hydrogen (secondary N) is 1. The Balaban J connectivity index is 1.57. The summed E-state index contributed by atoms with van der Waals surface area (Å²) in [7, 11) is 0. The highest BCUT2D eigenvalue weighted by molar-refractivity contribution is 5.67. The van der Waals surface area contributed by atoms with E-state index in [0.717, 1.165) is 22.8 Å². The van der Waals surface area contributed by atoms with Crippen LogP contribution in [0.2, 0.25) is 0 Å². The van der Waals surface area contributed by atoms with E-state index in [1.54, 1.807) is 35.0 Å². The second-order valence-corrected chi connectivity index (χ2v) is 4.80. The third-order valence-electron chi connectivity index (χ3n) is 3.16. The number of ether oxygens (including phenoxy) is 1. The molecule has 2 heterocycles. The van der Waals surface area contributed by atoms with Gasteiger partial charge in [0, 0.05) is 12.4 Å². The summed E-state index contributed by atoms with van der Waals surface area (Å²) in [6, 6.07) is 11.1. The summed E-state index contributed by atoms with van der Waals surface area (Å²) in [5.41, 5.74) is 2.51. The molecule has 0 bridgehead atoms. The van der Waals surface area contributed by atoms with E-state index in [4.69, 9.17) is 10.00 Å². The van der Waals surface area contributed by atoms with Crippen LogP contribution in [0.3, 0.4) is 0 Å². The predicted molar refractivity (Wildman–Crippen MR) is 82.9 cm³/mol. The Hall–Kier alpha value is -3.07. The SMILES string of the molecule is Cc1cc2c(NCCOc3ccc(C#N)cc3)nccn2n1. The number of aromatic nitrogens is 3. The van der Waals surface area contributed by atoms with Crippen molar-refractivity contribution in [1.82, 2.24) is 14.6 Å². The Morgan fingerprint density at radius 1 is 1.32 bits per heavy atom. The molecular weight excluding hydrogens is 278 g/mol. The summed E-state index contributed by atoms with van der Waals surface area (Å²) in [6.07, 6.45) is 3.53. The van der Waals surface area contributed by atoms with Crippen LogP contribution in [0.1, 0.15) is 11.3 Å². The Labute approximate surface area is 128 Å². The standard InChI is InChI=1S/C16H15N5O/c1-12-10-15-16(18-6-8-21(15)20-12)19-7-9-22-14-4-2-13(11-17)3-5-14/h2-6,8,10H,7,9H2,1H3,(H,18,19). The van der Waals surface area contributed by atoms with E-state index in [-0.39, 0.29) is 0 Å². The van der Waals surface area contributed by atoms with E-state index in [0.29, 0.717) is 18.7 Å². The van der Waals surface area contributed by atoms with E-state index >= 15 is 0 Å². The van der Waals surface area contributed by atoms with E-state index in [2.05, 4.69) is 21.5 Å². The normalized spacial score (nSPS) is 10.4. The van der Waals surface area contributed by atoms with Crippen molar-refractivity contribution >= 4 is 11.3 Å². The first kappa shape index (κ1) is 13.9. The van der Waals surface area contributed by atoms with Gasteiger partial charge in [-0.05, 0) is 37.3 Å². The zero-order chi connectivity index (χ0) is 15.4. The largest absolute Gasteiger partial charge is 0.492 e. The molecule has 0 aliphatic heterocycles. The van der Waals surface area contributed by atoms with Crippen molar-refractivity contribution < 1.29 is 4.74 Å². The minimum absolute atomic E-state index is 0.502. The van der Waals surface area contributed by atoms with Gasteiger partial charge in [0.05, 0.1) is 23.9 Å². The molecule has 3 aromatic rings. The molecule has 0 atom stereocenters. The van der Waals surface area contributed by atoms with Gasteiger partial charge in [-0.25, -0.2) is 9.50 Å². The Morgan fingerprint density at radius 2 is 2.14 bits per heavy atom. The van der Waals surface area contributed by atoms with Crippen molar-refractivity contribution in [2.75, 3.05) is 18.5 Å². The fourth-order valence-corrected chi connectivity index (χ4v) is 2.14. The number of aryl methyl sites for hydroxylation is 1. The summed E-state index contributed by atoms with van der Waals surface area (Å²) < 4.78 is 7.42. The monoisotopic (exact) mass is 293 g/mol. The van der Waals surface area contributed by atoms with Crippen LogP contribution in [-0.4, -0.2) is 27.7 Å². The fraction of sp³-hybridized carbons (Fsp3) is 0.188. The van der Waals surface area contributed by atoms with Crippen molar-refractivity contribution in [3.63, 3.8) is 0 Å². The lowest BCUT2D eigenvalue weighted by Crippen LogP contribution is -2.13. The number of anilines is 1. The summed E-state index contributed by atoms with van der Waals surface area (Å²) >= 11 is 0. The summed E-state index contributed by atoms with van der Waals surface area (Å²) in [5.74, 6) is 1.53. The lowest BCUT2D eigenvalue weighted by molar-refractivity contribution is 0.333. The number of fused-ring (bicyclic) bond motifs is 1. The van der Waals surface area contributed by atoms with E-state index in [1.165, 1.54) is 0 Å². The van der Waals surface area contributed by atoms with Crippen LogP contribution in [0.25, 0.3) is 5.52 Å². The average molecular weight is 293 g/mol. The number of nitrogens with zero attached hydrogens (tertiary/aromatic N) is 4. The van der Waals surface area contributed by atoms with Crippen LogP contribution >= 0.6 is 0 Å². The lowest BCUT2D eigenvalue weighted by atomic mass is 10.2. The van der Waals surface area contributed by atoms with Crippen LogP contribution in [0.5, 0.6) is 5.75 Å². The molecule has 22 heavy (non-hydrogen) atoms. The van der Waals surface area contributed by atoms with Crippen molar-refractivity contribution in [2.24, 2.45) is 0 Å². The Bertz CT molecular complexity index is 817. The number of benzene rings is 1. The molecule has 0 aliphatic rings. The fourth-order valence-electron chi connectivity index (χ4n) is 2.14. The number of nitriles is 1. The lowest BCUT2D eigenvalue weighted by Gasteiger charge is -2.08. The molecule has 1 N–H and O–H groups in total. The van der Waals surface area contributed by atoms with Gasteiger partial charge in [-0.2, -0.15) is 10.4 Å². The van der Waals surface area contributed by atoms with Crippen LogP contribution < -0.4 is 10.1 Å². The maximum absolute atomic E-state index is 8.74. The topological polar surface area (TPSA) is 75.2 Å². The van der Waals surface area contributed by atoms with E-state index < -0.39 is 0 Å². The van der Waals surface area contributed by atoms with Crippen molar-refractivity contribution in [2.45, 2.75) is 6.92 Å². The Kier molecular flexibility index (Phi) is 3.88. The van der Waals surface area contributed by atoms with E-state index in [9.17, 15) is 0 Å². The maximum atomic E-state index is 8.74. The zero-order valence-electron chi connectivity index (χ0n) is 12.2. The molecule has 0 fully saturated rings. The van der Waals surface area contributed by atoms with Crippen LogP contribution in [-0.2, 0) is 0 Å². The van der Waals surface area contributed by atoms with Crippen LogP contribution in [0.4, 0.5) is 5.82 Å². The number of hydrogen-bond acceptors (Lipinski definition) is 5. The molecule has 6 heteroatoms. The number of rotatable bonds is 5. The first-order valence-corrected chi connectivity index (χ1v) is 6.94. The van der Waals surface area contributed by atoms with Gasteiger partial charge in [0.1, 0.15) is 17.9 Å². The highest BCUT2D eigenvalue weighted by Gasteiger charge is 2.04. The number of hydrogen-bond donors (Lipinski definition) is 1. The van der Waals surface area contributed by atoms with Gasteiger partial charge in [0.2, 0.25) is 0 Å². The molecule has 0 saturated carbocycles. The maximum Gasteiger partial charge on any atom is 0.152 e. The molecule has 0 spiro atoms. The van der Waals surface area contributed by atoms with Gasteiger partial charge in [0.25, 0.3) is 0 Å².